The Kier molecular flexibility index (Phi) is 7.21. The van der Waals surface area contributed by atoms with Crippen LogP contribution in [0.15, 0.2) is 47.5 Å². The highest BCUT2D eigenvalue weighted by Crippen LogP contribution is 2.26. The van der Waals surface area contributed by atoms with E-state index >= 15 is 0 Å². The molecule has 36 heavy (non-hydrogen) atoms. The molecule has 1 aromatic carbocycles. The lowest BCUT2D eigenvalue weighted by molar-refractivity contribution is -0.149. The summed E-state index contributed by atoms with van der Waals surface area (Å²) in [6.07, 6.45) is -1.16. The zero-order chi connectivity index (χ0) is 26.1. The van der Waals surface area contributed by atoms with Crippen molar-refractivity contribution in [2.24, 2.45) is 7.05 Å². The van der Waals surface area contributed by atoms with Gasteiger partial charge in [0.25, 0.3) is 11.5 Å². The number of likely N-dealkylation sites (tertiary alicyclic amines) is 1. The van der Waals surface area contributed by atoms with Gasteiger partial charge in [0, 0.05) is 30.7 Å². The van der Waals surface area contributed by atoms with Crippen LogP contribution in [0.1, 0.15) is 23.2 Å². The number of nitrogens with zero attached hydrogens (tertiary/aromatic N) is 5. The lowest BCUT2D eigenvalue weighted by Gasteiger charge is -2.41. The number of hydrogen-bond donors (Lipinski definition) is 2. The minimum Gasteiger partial charge on any atom is -0.394 e. The fraction of sp³-hybridized carbons (Fsp3) is 0.391. The fourth-order valence-electron chi connectivity index (χ4n) is 4.14. The number of carbonyl (C=O) groups is 1. The molecule has 2 aromatic heterocycles. The van der Waals surface area contributed by atoms with Crippen molar-refractivity contribution in [3.8, 4) is 16.9 Å². The maximum Gasteiger partial charge on any atom is 0.401 e. The second-order valence-corrected chi connectivity index (χ2v) is 9.26. The van der Waals surface area contributed by atoms with E-state index in [2.05, 4.69) is 15.5 Å². The van der Waals surface area contributed by atoms with Gasteiger partial charge >= 0.3 is 6.18 Å². The van der Waals surface area contributed by atoms with E-state index < -0.39 is 36.3 Å². The molecule has 1 fully saturated rings. The number of benzene rings is 1. The van der Waals surface area contributed by atoms with Crippen molar-refractivity contribution in [1.29, 1.82) is 0 Å². The SMILES string of the molecule is Cn1cc(-n2nc(-c3ccc(Cl)cc3)cc(C(=O)NC3(CO)CCN(CC(F)(F)F)CC3)c2=O)cn1. The summed E-state index contributed by atoms with van der Waals surface area (Å²) in [5, 5.41) is 21.7. The van der Waals surface area contributed by atoms with Gasteiger partial charge in [-0.1, -0.05) is 23.7 Å². The molecule has 4 rings (SSSR count). The van der Waals surface area contributed by atoms with Gasteiger partial charge in [-0.05, 0) is 31.0 Å². The predicted molar refractivity (Wildman–Crippen MR) is 126 cm³/mol. The minimum absolute atomic E-state index is 0.0344. The average Bonchev–Trinajstić information content (AvgIpc) is 3.26. The summed E-state index contributed by atoms with van der Waals surface area (Å²) >= 11 is 5.98. The van der Waals surface area contributed by atoms with E-state index in [1.54, 1.807) is 37.5 Å². The van der Waals surface area contributed by atoms with Crippen molar-refractivity contribution < 1.29 is 23.1 Å². The van der Waals surface area contributed by atoms with Crippen LogP contribution in [-0.4, -0.2) is 73.4 Å². The van der Waals surface area contributed by atoms with Crippen LogP contribution in [-0.2, 0) is 7.05 Å². The molecule has 0 spiro atoms. The van der Waals surface area contributed by atoms with Crippen LogP contribution in [0.2, 0.25) is 5.02 Å². The molecule has 0 saturated carbocycles. The number of aliphatic hydroxyl groups excluding tert-OH is 1. The summed E-state index contributed by atoms with van der Waals surface area (Å²) in [6.45, 7) is -1.48. The van der Waals surface area contributed by atoms with Gasteiger partial charge in [0.05, 0.1) is 36.8 Å². The van der Waals surface area contributed by atoms with Gasteiger partial charge in [0.15, 0.2) is 0 Å². The van der Waals surface area contributed by atoms with Gasteiger partial charge in [0.1, 0.15) is 11.3 Å². The van der Waals surface area contributed by atoms with Crippen LogP contribution in [0.5, 0.6) is 0 Å². The maximum atomic E-state index is 13.3. The van der Waals surface area contributed by atoms with Crippen LogP contribution in [0.25, 0.3) is 16.9 Å². The zero-order valence-electron chi connectivity index (χ0n) is 19.3. The van der Waals surface area contributed by atoms with Gasteiger partial charge in [-0.2, -0.15) is 28.1 Å². The maximum absolute atomic E-state index is 13.3. The van der Waals surface area contributed by atoms with Crippen molar-refractivity contribution in [2.75, 3.05) is 26.2 Å². The molecule has 192 valence electrons. The molecule has 0 aliphatic carbocycles. The summed E-state index contributed by atoms with van der Waals surface area (Å²) in [5.41, 5.74) is -0.842. The number of aromatic nitrogens is 4. The van der Waals surface area contributed by atoms with Crippen LogP contribution < -0.4 is 10.9 Å². The van der Waals surface area contributed by atoms with Crippen molar-refractivity contribution in [2.45, 2.75) is 24.6 Å². The first-order valence-corrected chi connectivity index (χ1v) is 11.5. The average molecular weight is 525 g/mol. The van der Waals surface area contributed by atoms with E-state index in [1.807, 2.05) is 0 Å². The molecule has 13 heteroatoms. The summed E-state index contributed by atoms with van der Waals surface area (Å²) < 4.78 is 40.8. The fourth-order valence-corrected chi connectivity index (χ4v) is 4.26. The topological polar surface area (TPSA) is 105 Å². The second kappa shape index (κ2) is 10.0. The molecule has 2 N–H and O–H groups in total. The molecular formula is C23H24ClF3N6O3. The van der Waals surface area contributed by atoms with Crippen LogP contribution in [0.4, 0.5) is 13.2 Å². The largest absolute Gasteiger partial charge is 0.401 e. The van der Waals surface area contributed by atoms with Gasteiger partial charge in [0.2, 0.25) is 0 Å². The van der Waals surface area contributed by atoms with E-state index in [9.17, 15) is 27.9 Å². The molecule has 1 aliphatic heterocycles. The Balaban J connectivity index is 1.67. The first-order chi connectivity index (χ1) is 17.0. The smallest absolute Gasteiger partial charge is 0.394 e. The molecule has 1 saturated heterocycles. The first-order valence-electron chi connectivity index (χ1n) is 11.1. The number of nitrogens with one attached hydrogen (secondary N) is 1. The second-order valence-electron chi connectivity index (χ2n) is 8.82. The van der Waals surface area contributed by atoms with E-state index in [4.69, 9.17) is 11.6 Å². The third kappa shape index (κ3) is 5.77. The molecule has 0 radical (unpaired) electrons. The van der Waals surface area contributed by atoms with Crippen LogP contribution in [0, 0.1) is 0 Å². The normalized spacial score (nSPS) is 16.2. The van der Waals surface area contributed by atoms with Crippen molar-refractivity contribution >= 4 is 17.5 Å². The highest BCUT2D eigenvalue weighted by Gasteiger charge is 2.39. The molecule has 0 unspecified atom stereocenters. The number of piperidine rings is 1. The molecule has 3 heterocycles. The molecule has 9 nitrogen and oxygen atoms in total. The number of aliphatic hydroxyl groups is 1. The van der Waals surface area contributed by atoms with Crippen molar-refractivity contribution in [3.05, 3.63) is 63.7 Å². The standard InChI is InChI=1S/C23H24ClF3N6O3/c1-31-12-17(11-28-31)33-21(36)18(10-19(30-33)15-2-4-16(24)5-3-15)20(35)29-22(14-34)6-8-32(9-7-22)13-23(25,26)27/h2-5,10-12,34H,6-9,13-14H2,1H3,(H,29,35). The highest BCUT2D eigenvalue weighted by atomic mass is 35.5. The summed E-state index contributed by atoms with van der Waals surface area (Å²) in [5.74, 6) is -0.756. The van der Waals surface area contributed by atoms with Crippen LogP contribution in [0.3, 0.4) is 0 Å². The Morgan fingerprint density at radius 2 is 1.89 bits per heavy atom. The minimum atomic E-state index is -4.34. The Labute approximate surface area is 209 Å². The molecule has 0 bridgehead atoms. The Morgan fingerprint density at radius 1 is 1.22 bits per heavy atom. The van der Waals surface area contributed by atoms with Gasteiger partial charge in [-0.25, -0.2) is 0 Å². The third-order valence-corrected chi connectivity index (χ3v) is 6.38. The Bertz CT molecular complexity index is 1300. The van der Waals surface area contributed by atoms with E-state index in [0.29, 0.717) is 22.0 Å². The summed E-state index contributed by atoms with van der Waals surface area (Å²) in [6, 6.07) is 8.02. The molecule has 3 aromatic rings. The zero-order valence-corrected chi connectivity index (χ0v) is 20.1. The Morgan fingerprint density at radius 3 is 2.44 bits per heavy atom. The quantitative estimate of drug-likeness (QED) is 0.513. The summed E-state index contributed by atoms with van der Waals surface area (Å²) in [4.78, 5) is 27.8. The van der Waals surface area contributed by atoms with Gasteiger partial charge < -0.3 is 10.4 Å². The molecule has 1 amide bonds. The van der Waals surface area contributed by atoms with Gasteiger partial charge in [-0.15, -0.1) is 0 Å². The first kappa shape index (κ1) is 25.9. The molecular weight excluding hydrogens is 501 g/mol. The monoisotopic (exact) mass is 524 g/mol. The number of rotatable bonds is 6. The summed E-state index contributed by atoms with van der Waals surface area (Å²) in [7, 11) is 1.67. The van der Waals surface area contributed by atoms with E-state index in [-0.39, 0.29) is 31.5 Å². The van der Waals surface area contributed by atoms with E-state index in [1.165, 1.54) is 21.8 Å². The number of carbonyl (C=O) groups excluding carboxylic acids is 1. The predicted octanol–water partition coefficient (Wildman–Crippen LogP) is 2.41. The van der Waals surface area contributed by atoms with Crippen LogP contribution >= 0.6 is 11.6 Å². The van der Waals surface area contributed by atoms with Crippen molar-refractivity contribution in [3.63, 3.8) is 0 Å². The van der Waals surface area contributed by atoms with Gasteiger partial charge in [-0.3, -0.25) is 19.2 Å². The van der Waals surface area contributed by atoms with Crippen molar-refractivity contribution in [1.82, 2.24) is 29.8 Å². The Hall–Kier alpha value is -3.22. The number of amides is 1. The van der Waals surface area contributed by atoms with E-state index in [0.717, 1.165) is 4.68 Å². The number of aryl methyl sites for hydroxylation is 1. The highest BCUT2D eigenvalue weighted by molar-refractivity contribution is 6.30. The number of halogens is 4. The third-order valence-electron chi connectivity index (χ3n) is 6.13. The lowest BCUT2D eigenvalue weighted by Crippen LogP contribution is -2.58. The number of alkyl halides is 3. The number of hydrogen-bond acceptors (Lipinski definition) is 6. The lowest BCUT2D eigenvalue weighted by atomic mass is 9.87. The molecule has 0 atom stereocenters. The molecule has 1 aliphatic rings.